The molecule has 132 valence electrons. The number of aldehydes is 1. The Hall–Kier alpha value is -2.70. The molecule has 0 aliphatic rings. The second kappa shape index (κ2) is 8.96. The standard InChI is InChI=1S/C19H21NO5/c1-13-7-8-15(11-21)16(9-13)18(23)17(22)10-20-19(24)25-12-14-5-3-2-4-6-14/h2-9,11,17-18,22-23H,10,12H2,1H3,(H,20,24). The SMILES string of the molecule is Cc1ccc(C=O)c(C(O)C(O)CNC(=O)OCc2ccccc2)c1. The van der Waals surface area contributed by atoms with Gasteiger partial charge in [0, 0.05) is 12.1 Å². The number of aliphatic hydroxyl groups excluding tert-OH is 2. The van der Waals surface area contributed by atoms with Gasteiger partial charge in [-0.25, -0.2) is 4.79 Å². The van der Waals surface area contributed by atoms with Crippen LogP contribution in [0.5, 0.6) is 0 Å². The van der Waals surface area contributed by atoms with Crippen LogP contribution in [-0.2, 0) is 11.3 Å². The Bertz CT molecular complexity index is 717. The van der Waals surface area contributed by atoms with Crippen LogP contribution in [0.2, 0.25) is 0 Å². The molecule has 2 atom stereocenters. The Kier molecular flexibility index (Phi) is 6.68. The molecule has 0 bridgehead atoms. The van der Waals surface area contributed by atoms with Gasteiger partial charge in [0.2, 0.25) is 0 Å². The monoisotopic (exact) mass is 343 g/mol. The predicted molar refractivity (Wildman–Crippen MR) is 92.2 cm³/mol. The molecule has 2 unspecified atom stereocenters. The van der Waals surface area contributed by atoms with Crippen molar-refractivity contribution in [3.63, 3.8) is 0 Å². The molecule has 3 N–H and O–H groups in total. The van der Waals surface area contributed by atoms with E-state index in [0.717, 1.165) is 11.1 Å². The van der Waals surface area contributed by atoms with E-state index in [2.05, 4.69) is 5.32 Å². The van der Waals surface area contributed by atoms with Crippen LogP contribution >= 0.6 is 0 Å². The van der Waals surface area contributed by atoms with Gasteiger partial charge in [-0.2, -0.15) is 0 Å². The van der Waals surface area contributed by atoms with Crippen molar-refractivity contribution in [3.8, 4) is 0 Å². The van der Waals surface area contributed by atoms with Crippen LogP contribution in [0, 0.1) is 6.92 Å². The smallest absolute Gasteiger partial charge is 0.407 e. The zero-order valence-electron chi connectivity index (χ0n) is 13.9. The number of aryl methyl sites for hydroxylation is 1. The number of carbonyl (C=O) groups is 2. The van der Waals surface area contributed by atoms with E-state index in [9.17, 15) is 19.8 Å². The third kappa shape index (κ3) is 5.41. The first-order valence-electron chi connectivity index (χ1n) is 7.87. The van der Waals surface area contributed by atoms with Crippen molar-refractivity contribution in [1.82, 2.24) is 5.32 Å². The highest BCUT2D eigenvalue weighted by Crippen LogP contribution is 2.21. The number of aliphatic hydroxyl groups is 2. The molecule has 1 amide bonds. The minimum absolute atomic E-state index is 0.110. The van der Waals surface area contributed by atoms with Gasteiger partial charge in [-0.3, -0.25) is 4.79 Å². The van der Waals surface area contributed by atoms with Crippen molar-refractivity contribution in [2.75, 3.05) is 6.54 Å². The summed E-state index contributed by atoms with van der Waals surface area (Å²) in [5, 5.41) is 22.7. The Balaban J connectivity index is 1.87. The summed E-state index contributed by atoms with van der Waals surface area (Å²) in [7, 11) is 0. The molecular weight excluding hydrogens is 322 g/mol. The van der Waals surface area contributed by atoms with E-state index >= 15 is 0 Å². The maximum Gasteiger partial charge on any atom is 0.407 e. The Morgan fingerprint density at radius 2 is 1.92 bits per heavy atom. The van der Waals surface area contributed by atoms with Crippen LogP contribution < -0.4 is 5.32 Å². The quantitative estimate of drug-likeness (QED) is 0.669. The largest absolute Gasteiger partial charge is 0.445 e. The summed E-state index contributed by atoms with van der Waals surface area (Å²) < 4.78 is 5.03. The highest BCUT2D eigenvalue weighted by Gasteiger charge is 2.22. The molecule has 0 spiro atoms. The van der Waals surface area contributed by atoms with Gasteiger partial charge in [0.15, 0.2) is 0 Å². The normalized spacial score (nSPS) is 12.9. The zero-order chi connectivity index (χ0) is 18.2. The summed E-state index contributed by atoms with van der Waals surface area (Å²) in [6.07, 6.45) is -2.65. The van der Waals surface area contributed by atoms with Crippen molar-refractivity contribution in [1.29, 1.82) is 0 Å². The van der Waals surface area contributed by atoms with Gasteiger partial charge < -0.3 is 20.3 Å². The van der Waals surface area contributed by atoms with E-state index < -0.39 is 18.3 Å². The van der Waals surface area contributed by atoms with Gasteiger partial charge in [-0.1, -0.05) is 54.1 Å². The van der Waals surface area contributed by atoms with Crippen LogP contribution in [0.4, 0.5) is 4.79 Å². The Labute approximate surface area is 146 Å². The number of ether oxygens (including phenoxy) is 1. The average molecular weight is 343 g/mol. The Morgan fingerprint density at radius 3 is 2.60 bits per heavy atom. The van der Waals surface area contributed by atoms with Crippen LogP contribution in [0.1, 0.15) is 33.2 Å². The van der Waals surface area contributed by atoms with Gasteiger partial charge in [0.1, 0.15) is 25.1 Å². The van der Waals surface area contributed by atoms with E-state index in [1.54, 1.807) is 18.2 Å². The van der Waals surface area contributed by atoms with Crippen molar-refractivity contribution < 1.29 is 24.5 Å². The number of nitrogens with one attached hydrogen (secondary N) is 1. The highest BCUT2D eigenvalue weighted by atomic mass is 16.5. The second-order valence-corrected chi connectivity index (χ2v) is 5.71. The number of alkyl carbamates (subject to hydrolysis) is 1. The molecule has 0 aliphatic heterocycles. The number of amides is 1. The minimum atomic E-state index is -1.30. The molecule has 6 nitrogen and oxygen atoms in total. The topological polar surface area (TPSA) is 95.9 Å². The van der Waals surface area contributed by atoms with Crippen molar-refractivity contribution in [3.05, 3.63) is 70.8 Å². The molecule has 2 rings (SSSR count). The molecule has 0 aromatic heterocycles. The van der Waals surface area contributed by atoms with Gasteiger partial charge >= 0.3 is 6.09 Å². The molecule has 2 aromatic carbocycles. The summed E-state index contributed by atoms with van der Waals surface area (Å²) in [5.74, 6) is 0. The van der Waals surface area contributed by atoms with Crippen LogP contribution in [-0.4, -0.2) is 35.2 Å². The van der Waals surface area contributed by atoms with Gasteiger partial charge in [-0.05, 0) is 18.1 Å². The van der Waals surface area contributed by atoms with E-state index in [-0.39, 0.29) is 13.2 Å². The summed E-state index contributed by atoms with van der Waals surface area (Å²) in [4.78, 5) is 22.7. The molecule has 6 heteroatoms. The van der Waals surface area contributed by atoms with Crippen molar-refractivity contribution >= 4 is 12.4 Å². The van der Waals surface area contributed by atoms with Crippen LogP contribution in [0.3, 0.4) is 0 Å². The summed E-state index contributed by atoms with van der Waals surface area (Å²) in [6, 6.07) is 14.1. The molecule has 25 heavy (non-hydrogen) atoms. The fourth-order valence-corrected chi connectivity index (χ4v) is 2.34. The number of rotatable bonds is 7. The first-order valence-corrected chi connectivity index (χ1v) is 7.87. The maximum atomic E-state index is 11.7. The third-order valence-corrected chi connectivity index (χ3v) is 3.72. The van der Waals surface area contributed by atoms with E-state index in [1.807, 2.05) is 37.3 Å². The molecule has 0 saturated carbocycles. The average Bonchev–Trinajstić information content (AvgIpc) is 2.64. The molecule has 2 aromatic rings. The Morgan fingerprint density at radius 1 is 1.20 bits per heavy atom. The van der Waals surface area contributed by atoms with Gasteiger partial charge in [0.25, 0.3) is 0 Å². The van der Waals surface area contributed by atoms with E-state index in [1.165, 1.54) is 0 Å². The molecule has 0 heterocycles. The molecule has 0 aliphatic carbocycles. The predicted octanol–water partition coefficient (Wildman–Crippen LogP) is 2.13. The van der Waals surface area contributed by atoms with Crippen molar-refractivity contribution in [2.45, 2.75) is 25.7 Å². The first-order chi connectivity index (χ1) is 12.0. The summed E-state index contributed by atoms with van der Waals surface area (Å²) in [5.41, 5.74) is 2.31. The number of hydrogen-bond donors (Lipinski definition) is 3. The molecule has 0 radical (unpaired) electrons. The number of hydrogen-bond acceptors (Lipinski definition) is 5. The second-order valence-electron chi connectivity index (χ2n) is 5.71. The highest BCUT2D eigenvalue weighted by molar-refractivity contribution is 5.77. The molecule has 0 fully saturated rings. The van der Waals surface area contributed by atoms with E-state index in [4.69, 9.17) is 4.74 Å². The van der Waals surface area contributed by atoms with Gasteiger partial charge in [0.05, 0.1) is 0 Å². The number of carbonyl (C=O) groups excluding carboxylic acids is 2. The molecule has 0 saturated heterocycles. The number of benzene rings is 2. The molecular formula is C19H21NO5. The lowest BCUT2D eigenvalue weighted by Crippen LogP contribution is -2.36. The van der Waals surface area contributed by atoms with Crippen LogP contribution in [0.25, 0.3) is 0 Å². The zero-order valence-corrected chi connectivity index (χ0v) is 13.9. The lowest BCUT2D eigenvalue weighted by Gasteiger charge is -2.20. The lowest BCUT2D eigenvalue weighted by atomic mass is 9.97. The fourth-order valence-electron chi connectivity index (χ4n) is 2.34. The lowest BCUT2D eigenvalue weighted by molar-refractivity contribution is 0.0180. The van der Waals surface area contributed by atoms with Gasteiger partial charge in [-0.15, -0.1) is 0 Å². The first kappa shape index (κ1) is 18.6. The van der Waals surface area contributed by atoms with E-state index in [0.29, 0.717) is 17.4 Å². The minimum Gasteiger partial charge on any atom is -0.445 e. The maximum absolute atomic E-state index is 11.7. The summed E-state index contributed by atoms with van der Waals surface area (Å²) >= 11 is 0. The van der Waals surface area contributed by atoms with Crippen LogP contribution in [0.15, 0.2) is 48.5 Å². The third-order valence-electron chi connectivity index (χ3n) is 3.72. The summed E-state index contributed by atoms with van der Waals surface area (Å²) in [6.45, 7) is 1.72. The fraction of sp³-hybridized carbons (Fsp3) is 0.263. The van der Waals surface area contributed by atoms with Crippen molar-refractivity contribution in [2.24, 2.45) is 0 Å².